The summed E-state index contributed by atoms with van der Waals surface area (Å²) < 4.78 is 37.1. The molecule has 1 aliphatic heterocycles. The van der Waals surface area contributed by atoms with Crippen molar-refractivity contribution in [3.63, 3.8) is 0 Å². The van der Waals surface area contributed by atoms with Gasteiger partial charge in [-0.3, -0.25) is 4.90 Å². The number of β-amino-alcohol motifs (C(OH)–C–C–N with tert-alkyl or cyclic N) is 1. The lowest BCUT2D eigenvalue weighted by Gasteiger charge is -2.19. The molecule has 1 aromatic heterocycles. The number of pyridine rings is 1. The molecule has 2 rings (SSSR count). The lowest BCUT2D eigenvalue weighted by molar-refractivity contribution is -0.137. The summed E-state index contributed by atoms with van der Waals surface area (Å²) in [5, 5.41) is 12.5. The SMILES string of the molecule is CN1CC(O)CC1CNc1ccc(C(F)(F)F)cn1. The quantitative estimate of drug-likeness (QED) is 0.879. The van der Waals surface area contributed by atoms with E-state index in [-0.39, 0.29) is 12.1 Å². The van der Waals surface area contributed by atoms with E-state index in [4.69, 9.17) is 0 Å². The molecule has 4 nitrogen and oxygen atoms in total. The molecule has 1 fully saturated rings. The molecule has 1 aromatic rings. The predicted molar refractivity (Wildman–Crippen MR) is 64.8 cm³/mol. The van der Waals surface area contributed by atoms with Gasteiger partial charge in [-0.2, -0.15) is 13.2 Å². The van der Waals surface area contributed by atoms with E-state index >= 15 is 0 Å². The fourth-order valence-electron chi connectivity index (χ4n) is 2.18. The van der Waals surface area contributed by atoms with Crippen LogP contribution in [-0.4, -0.2) is 47.3 Å². The van der Waals surface area contributed by atoms with Gasteiger partial charge >= 0.3 is 6.18 Å². The smallest absolute Gasteiger partial charge is 0.392 e. The number of anilines is 1. The Balaban J connectivity index is 1.90. The summed E-state index contributed by atoms with van der Waals surface area (Å²) in [6.45, 7) is 1.17. The third kappa shape index (κ3) is 3.57. The van der Waals surface area contributed by atoms with Crippen LogP contribution in [-0.2, 0) is 6.18 Å². The van der Waals surface area contributed by atoms with E-state index in [1.165, 1.54) is 6.07 Å². The van der Waals surface area contributed by atoms with E-state index < -0.39 is 11.7 Å². The van der Waals surface area contributed by atoms with E-state index in [9.17, 15) is 18.3 Å². The number of likely N-dealkylation sites (tertiary alicyclic amines) is 1. The summed E-state index contributed by atoms with van der Waals surface area (Å²) >= 11 is 0. The van der Waals surface area contributed by atoms with Gasteiger partial charge in [0.25, 0.3) is 0 Å². The number of halogens is 3. The summed E-state index contributed by atoms with van der Waals surface area (Å²) in [4.78, 5) is 5.75. The summed E-state index contributed by atoms with van der Waals surface area (Å²) in [5.74, 6) is 0.405. The maximum absolute atomic E-state index is 12.4. The number of aliphatic hydroxyl groups excluding tert-OH is 1. The maximum atomic E-state index is 12.4. The Morgan fingerprint density at radius 1 is 1.47 bits per heavy atom. The number of hydrogen-bond donors (Lipinski definition) is 2. The normalized spacial score (nSPS) is 24.7. The van der Waals surface area contributed by atoms with Crippen molar-refractivity contribution in [1.29, 1.82) is 0 Å². The van der Waals surface area contributed by atoms with E-state index in [1.54, 1.807) is 0 Å². The average Bonchev–Trinajstić information content (AvgIpc) is 2.65. The molecule has 0 bridgehead atoms. The number of nitrogens with zero attached hydrogens (tertiary/aromatic N) is 2. The Labute approximate surface area is 109 Å². The summed E-state index contributed by atoms with van der Waals surface area (Å²) in [5.41, 5.74) is -0.758. The van der Waals surface area contributed by atoms with Crippen LogP contribution in [0, 0.1) is 0 Å². The van der Waals surface area contributed by atoms with Crippen LogP contribution in [0.5, 0.6) is 0 Å². The second kappa shape index (κ2) is 5.34. The number of nitrogens with one attached hydrogen (secondary N) is 1. The van der Waals surface area contributed by atoms with Crippen LogP contribution in [0.1, 0.15) is 12.0 Å². The molecule has 2 N–H and O–H groups in total. The third-order valence-electron chi connectivity index (χ3n) is 3.28. The van der Waals surface area contributed by atoms with Crippen molar-refractivity contribution in [2.24, 2.45) is 0 Å². The Morgan fingerprint density at radius 2 is 2.21 bits per heavy atom. The van der Waals surface area contributed by atoms with Gasteiger partial charge in [0.05, 0.1) is 11.7 Å². The first-order valence-electron chi connectivity index (χ1n) is 6.01. The van der Waals surface area contributed by atoms with Gasteiger partial charge in [0.2, 0.25) is 0 Å². The largest absolute Gasteiger partial charge is 0.417 e. The molecule has 106 valence electrons. The fraction of sp³-hybridized carbons (Fsp3) is 0.583. The van der Waals surface area contributed by atoms with Crippen LogP contribution in [0.2, 0.25) is 0 Å². The molecule has 2 heterocycles. The molecule has 7 heteroatoms. The van der Waals surface area contributed by atoms with Gasteiger partial charge < -0.3 is 10.4 Å². The minimum atomic E-state index is -4.36. The van der Waals surface area contributed by atoms with Crippen molar-refractivity contribution in [3.05, 3.63) is 23.9 Å². The highest BCUT2D eigenvalue weighted by Crippen LogP contribution is 2.28. The van der Waals surface area contributed by atoms with Crippen molar-refractivity contribution in [2.45, 2.75) is 24.7 Å². The molecule has 1 saturated heterocycles. The number of alkyl halides is 3. The molecule has 0 aromatic carbocycles. The molecular weight excluding hydrogens is 259 g/mol. The first kappa shape index (κ1) is 14.1. The van der Waals surface area contributed by atoms with Gasteiger partial charge in [0.1, 0.15) is 5.82 Å². The maximum Gasteiger partial charge on any atom is 0.417 e. The molecule has 0 aliphatic carbocycles. The summed E-state index contributed by atoms with van der Waals surface area (Å²) in [6, 6.07) is 2.48. The van der Waals surface area contributed by atoms with Gasteiger partial charge in [0.15, 0.2) is 0 Å². The topological polar surface area (TPSA) is 48.4 Å². The lowest BCUT2D eigenvalue weighted by atomic mass is 10.2. The Bertz CT molecular complexity index is 421. The highest BCUT2D eigenvalue weighted by atomic mass is 19.4. The van der Waals surface area contributed by atoms with E-state index in [0.717, 1.165) is 12.3 Å². The van der Waals surface area contributed by atoms with Crippen LogP contribution in [0.3, 0.4) is 0 Å². The van der Waals surface area contributed by atoms with Gasteiger partial charge in [-0.25, -0.2) is 4.98 Å². The molecule has 0 saturated carbocycles. The second-order valence-electron chi connectivity index (χ2n) is 4.79. The number of likely N-dealkylation sites (N-methyl/N-ethyl adjacent to an activating group) is 1. The zero-order valence-corrected chi connectivity index (χ0v) is 10.5. The minimum Gasteiger partial charge on any atom is -0.392 e. The van der Waals surface area contributed by atoms with E-state index in [2.05, 4.69) is 10.3 Å². The van der Waals surface area contributed by atoms with Crippen LogP contribution < -0.4 is 5.32 Å². The molecule has 2 atom stereocenters. The van der Waals surface area contributed by atoms with Gasteiger partial charge in [0, 0.05) is 25.3 Å². The lowest BCUT2D eigenvalue weighted by Crippen LogP contribution is -2.31. The highest BCUT2D eigenvalue weighted by molar-refractivity contribution is 5.36. The number of aromatic nitrogens is 1. The average molecular weight is 275 g/mol. The molecule has 19 heavy (non-hydrogen) atoms. The Kier molecular flexibility index (Phi) is 3.96. The first-order valence-corrected chi connectivity index (χ1v) is 6.01. The van der Waals surface area contributed by atoms with Crippen molar-refractivity contribution in [2.75, 3.05) is 25.5 Å². The second-order valence-corrected chi connectivity index (χ2v) is 4.79. The number of rotatable bonds is 3. The zero-order chi connectivity index (χ0) is 14.0. The molecule has 0 spiro atoms. The van der Waals surface area contributed by atoms with Gasteiger partial charge in [-0.15, -0.1) is 0 Å². The molecule has 1 aliphatic rings. The van der Waals surface area contributed by atoms with E-state index in [1.807, 2.05) is 11.9 Å². The number of aliphatic hydroxyl groups is 1. The Morgan fingerprint density at radius 3 is 2.68 bits per heavy atom. The number of hydrogen-bond acceptors (Lipinski definition) is 4. The van der Waals surface area contributed by atoms with Gasteiger partial charge in [-0.05, 0) is 25.6 Å². The van der Waals surface area contributed by atoms with Crippen LogP contribution in [0.15, 0.2) is 18.3 Å². The zero-order valence-electron chi connectivity index (χ0n) is 10.5. The molecule has 2 unspecified atom stereocenters. The van der Waals surface area contributed by atoms with Crippen LogP contribution >= 0.6 is 0 Å². The van der Waals surface area contributed by atoms with Crippen molar-refractivity contribution < 1.29 is 18.3 Å². The van der Waals surface area contributed by atoms with E-state index in [0.29, 0.717) is 25.3 Å². The van der Waals surface area contributed by atoms with Crippen molar-refractivity contribution in [1.82, 2.24) is 9.88 Å². The highest BCUT2D eigenvalue weighted by Gasteiger charge is 2.31. The van der Waals surface area contributed by atoms with Crippen molar-refractivity contribution >= 4 is 5.82 Å². The van der Waals surface area contributed by atoms with Crippen LogP contribution in [0.4, 0.5) is 19.0 Å². The summed E-state index contributed by atoms with van der Waals surface area (Å²) in [6.07, 6.45) is -3.22. The van der Waals surface area contributed by atoms with Gasteiger partial charge in [-0.1, -0.05) is 0 Å². The predicted octanol–water partition coefficient (Wildman–Crippen LogP) is 1.58. The third-order valence-corrected chi connectivity index (χ3v) is 3.28. The minimum absolute atomic E-state index is 0.166. The molecule has 0 radical (unpaired) electrons. The van der Waals surface area contributed by atoms with Crippen LogP contribution in [0.25, 0.3) is 0 Å². The standard InChI is InChI=1S/C12H16F3N3O/c1-18-7-10(19)4-9(18)6-17-11-3-2-8(5-16-11)12(13,14)15/h2-3,5,9-10,19H,4,6-7H2,1H3,(H,16,17). The summed E-state index contributed by atoms with van der Waals surface area (Å²) in [7, 11) is 1.91. The van der Waals surface area contributed by atoms with Crippen molar-refractivity contribution in [3.8, 4) is 0 Å². The monoisotopic (exact) mass is 275 g/mol. The molecule has 0 amide bonds. The first-order chi connectivity index (χ1) is 8.86. The Hall–Kier alpha value is -1.34. The molecular formula is C12H16F3N3O. The fourth-order valence-corrected chi connectivity index (χ4v) is 2.18.